The Morgan fingerprint density at radius 1 is 1.03 bits per heavy atom. The maximum absolute atomic E-state index is 12.0. The smallest absolute Gasteiger partial charge is 0.269 e. The van der Waals surface area contributed by atoms with Gasteiger partial charge in [0, 0.05) is 5.57 Å². The zero-order valence-corrected chi connectivity index (χ0v) is 22.7. The molecule has 182 valence electrons. The van der Waals surface area contributed by atoms with E-state index < -0.39 is 0 Å². The van der Waals surface area contributed by atoms with Crippen LogP contribution in [0.2, 0.25) is 0 Å². The number of hydrazine groups is 1. The monoisotopic (exact) mass is 463 g/mol. The normalized spacial score (nSPS) is 10.6. The van der Waals surface area contributed by atoms with Gasteiger partial charge in [0.25, 0.3) is 5.91 Å². The summed E-state index contributed by atoms with van der Waals surface area (Å²) in [7, 11) is 0. The molecule has 0 aliphatic rings. The molecule has 0 aromatic heterocycles. The average Bonchev–Trinajstić information content (AvgIpc) is 2.80. The highest BCUT2D eigenvalue weighted by molar-refractivity contribution is 8.14. The highest BCUT2D eigenvalue weighted by Gasteiger charge is 2.08. The van der Waals surface area contributed by atoms with E-state index in [4.69, 9.17) is 0 Å². The topological polar surface area (TPSA) is 70.6 Å². The van der Waals surface area contributed by atoms with Crippen LogP contribution in [0.5, 0.6) is 0 Å². The Hall–Kier alpha value is -2.34. The number of allylic oxidation sites excluding steroid dienone is 2. The van der Waals surface area contributed by atoms with Gasteiger partial charge in [0.15, 0.2) is 0 Å². The first-order valence-electron chi connectivity index (χ1n) is 11.5. The van der Waals surface area contributed by atoms with Gasteiger partial charge in [-0.3, -0.25) is 20.4 Å². The first-order chi connectivity index (χ1) is 15.4. The largest absolute Gasteiger partial charge is 0.272 e. The van der Waals surface area contributed by atoms with Crippen molar-refractivity contribution < 1.29 is 9.59 Å². The van der Waals surface area contributed by atoms with Crippen LogP contribution >= 0.6 is 11.8 Å². The number of carbonyl (C=O) groups excluding carboxylic acids is 2. The molecule has 0 bridgehead atoms. The maximum atomic E-state index is 12.0. The Morgan fingerprint density at radius 3 is 2.09 bits per heavy atom. The van der Waals surface area contributed by atoms with Gasteiger partial charge in [0.2, 0.25) is 5.91 Å². The van der Waals surface area contributed by atoms with Gasteiger partial charge in [-0.05, 0) is 38.8 Å². The summed E-state index contributed by atoms with van der Waals surface area (Å²) in [6.07, 6.45) is 7.28. The van der Waals surface area contributed by atoms with Gasteiger partial charge in [0.05, 0.1) is 16.5 Å². The number of carbonyl (C=O) groups is 2. The molecule has 0 heterocycles. The van der Waals surface area contributed by atoms with Gasteiger partial charge in [-0.15, -0.1) is 11.8 Å². The van der Waals surface area contributed by atoms with E-state index >= 15 is 0 Å². The number of nitrogens with zero attached hydrogens (tertiary/aromatic N) is 1. The van der Waals surface area contributed by atoms with E-state index in [9.17, 15) is 9.59 Å². The Kier molecular flexibility index (Phi) is 26.7. The fraction of sp³-hybridized carbons (Fsp3) is 0.500. The lowest BCUT2D eigenvalue weighted by Gasteiger charge is -2.08. The Bertz CT molecular complexity index is 711. The van der Waals surface area contributed by atoms with E-state index in [1.54, 1.807) is 18.2 Å². The van der Waals surface area contributed by atoms with E-state index in [-0.39, 0.29) is 17.6 Å². The molecular weight excluding hydrogens is 418 g/mol. The number of hydrogen-bond acceptors (Lipinski definition) is 4. The number of aliphatic imine (C=N–C) groups is 1. The van der Waals surface area contributed by atoms with Crippen molar-refractivity contribution in [1.82, 2.24) is 10.9 Å². The number of rotatable bonds is 6. The third-order valence-electron chi connectivity index (χ3n) is 3.15. The number of nitrogens with one attached hydrogen (secondary N) is 2. The lowest BCUT2D eigenvalue weighted by Crippen LogP contribution is -2.43. The van der Waals surface area contributed by atoms with Crippen LogP contribution < -0.4 is 10.9 Å². The minimum Gasteiger partial charge on any atom is -0.272 e. The maximum Gasteiger partial charge on any atom is 0.269 e. The van der Waals surface area contributed by atoms with Crippen LogP contribution in [0.3, 0.4) is 0 Å². The molecule has 0 spiro atoms. The van der Waals surface area contributed by atoms with Gasteiger partial charge in [0.1, 0.15) is 0 Å². The molecule has 1 rings (SSSR count). The molecule has 0 radical (unpaired) electrons. The molecule has 0 atom stereocenters. The van der Waals surface area contributed by atoms with Gasteiger partial charge in [-0.25, -0.2) is 4.99 Å². The highest BCUT2D eigenvalue weighted by Crippen LogP contribution is 2.19. The Morgan fingerprint density at radius 2 is 1.59 bits per heavy atom. The predicted molar refractivity (Wildman–Crippen MR) is 145 cm³/mol. The molecule has 2 N–H and O–H groups in total. The number of thioether (sulfide) groups is 1. The van der Waals surface area contributed by atoms with Crippen molar-refractivity contribution in [3.05, 3.63) is 53.6 Å². The van der Waals surface area contributed by atoms with E-state index in [1.165, 1.54) is 18.2 Å². The summed E-state index contributed by atoms with van der Waals surface area (Å²) in [5.74, 6) is -0.435. The molecule has 0 aliphatic carbocycles. The van der Waals surface area contributed by atoms with Crippen LogP contribution in [-0.4, -0.2) is 22.6 Å². The van der Waals surface area contributed by atoms with Crippen molar-refractivity contribution in [2.75, 3.05) is 5.75 Å². The molecule has 0 fully saturated rings. The van der Waals surface area contributed by atoms with Crippen molar-refractivity contribution >= 4 is 34.3 Å². The Labute approximate surface area is 201 Å². The van der Waals surface area contributed by atoms with E-state index in [1.807, 2.05) is 79.7 Å². The number of hydrogen-bond donors (Lipinski definition) is 2. The average molecular weight is 464 g/mol. The van der Waals surface area contributed by atoms with Crippen LogP contribution in [0.15, 0.2) is 53.1 Å². The van der Waals surface area contributed by atoms with Gasteiger partial charge in [-0.2, -0.15) is 0 Å². The SMILES string of the molecule is C/C=C\C(=C/CC)C(=O)NNC(=O)CSC(C)=Nc1ccccc1C.CC.CC.CCC. The summed E-state index contributed by atoms with van der Waals surface area (Å²) in [6, 6.07) is 7.81. The van der Waals surface area contributed by atoms with E-state index in [2.05, 4.69) is 29.7 Å². The van der Waals surface area contributed by atoms with Gasteiger partial charge < -0.3 is 0 Å². The first kappa shape index (κ1) is 34.3. The van der Waals surface area contributed by atoms with Crippen molar-refractivity contribution in [2.45, 2.75) is 82.1 Å². The molecule has 6 heteroatoms. The zero-order valence-electron chi connectivity index (χ0n) is 21.8. The van der Waals surface area contributed by atoms with Crippen molar-refractivity contribution in [3.63, 3.8) is 0 Å². The van der Waals surface area contributed by atoms with Gasteiger partial charge in [-0.1, -0.05) is 91.3 Å². The fourth-order valence-electron chi connectivity index (χ4n) is 1.93. The third-order valence-corrected chi connectivity index (χ3v) is 4.07. The summed E-state index contributed by atoms with van der Waals surface area (Å²) in [4.78, 5) is 28.3. The van der Waals surface area contributed by atoms with Crippen LogP contribution in [0.25, 0.3) is 0 Å². The summed E-state index contributed by atoms with van der Waals surface area (Å²) < 4.78 is 0. The minimum atomic E-state index is -0.330. The lowest BCUT2D eigenvalue weighted by molar-refractivity contribution is -0.125. The highest BCUT2D eigenvalue weighted by atomic mass is 32.2. The molecule has 5 nitrogen and oxygen atoms in total. The molecule has 32 heavy (non-hydrogen) atoms. The van der Waals surface area contributed by atoms with E-state index in [0.717, 1.165) is 22.7 Å². The molecule has 0 saturated carbocycles. The fourth-order valence-corrected chi connectivity index (χ4v) is 2.51. The number of aryl methyl sites for hydroxylation is 1. The van der Waals surface area contributed by atoms with Crippen LogP contribution in [0.1, 0.15) is 80.7 Å². The second-order valence-electron chi connectivity index (χ2n) is 5.98. The molecule has 1 aromatic carbocycles. The van der Waals surface area contributed by atoms with Crippen LogP contribution in [0.4, 0.5) is 5.69 Å². The predicted octanol–water partition coefficient (Wildman–Crippen LogP) is 7.31. The standard InChI is InChI=1S/C19H25N3O2S.C3H8.2C2H6/c1-5-9-16(10-6-2)19(24)22-21-18(23)13-25-15(4)20-17-12-8-7-11-14(17)3;1-3-2;2*1-2/h5,7-12H,6,13H2,1-4H3,(H,21,23)(H,22,24);3H2,1-2H3;2*1-2H3/b9-5-,16-10+,20-15?;;;. The third kappa shape index (κ3) is 18.4. The minimum absolute atomic E-state index is 0.179. The van der Waals surface area contributed by atoms with Crippen LogP contribution in [-0.2, 0) is 9.59 Å². The van der Waals surface area contributed by atoms with Crippen LogP contribution in [0, 0.1) is 6.92 Å². The second-order valence-corrected chi connectivity index (χ2v) is 7.15. The molecule has 2 amide bonds. The van der Waals surface area contributed by atoms with Crippen molar-refractivity contribution in [3.8, 4) is 0 Å². The summed E-state index contributed by atoms with van der Waals surface area (Å²) >= 11 is 1.33. The summed E-state index contributed by atoms with van der Waals surface area (Å²) in [5, 5.41) is 0.788. The Balaban J connectivity index is -0.00000108. The van der Waals surface area contributed by atoms with Crippen molar-refractivity contribution in [1.29, 1.82) is 0 Å². The number of amides is 2. The van der Waals surface area contributed by atoms with Crippen molar-refractivity contribution in [2.24, 2.45) is 4.99 Å². The first-order valence-corrected chi connectivity index (χ1v) is 12.5. The molecule has 0 saturated heterocycles. The summed E-state index contributed by atoms with van der Waals surface area (Å²) in [5.41, 5.74) is 7.34. The molecule has 0 unspecified atom stereocenters. The van der Waals surface area contributed by atoms with Gasteiger partial charge >= 0.3 is 0 Å². The van der Waals surface area contributed by atoms with E-state index in [0.29, 0.717) is 5.57 Å². The number of benzene rings is 1. The lowest BCUT2D eigenvalue weighted by atomic mass is 10.2. The molecule has 0 aliphatic heterocycles. The second kappa shape index (κ2) is 24.9. The number of para-hydroxylation sites is 1. The molecular formula is C26H45N3O2S. The molecule has 1 aromatic rings. The zero-order chi connectivity index (χ0) is 25.4. The summed E-state index contributed by atoms with van der Waals surface area (Å²) in [6.45, 7) is 19.9. The quantitative estimate of drug-likeness (QED) is 0.153.